The van der Waals surface area contributed by atoms with Gasteiger partial charge in [-0.05, 0) is 45.4 Å². The fraction of sp³-hybridized carbons (Fsp3) is 0.600. The molecule has 0 spiro atoms. The second kappa shape index (κ2) is 7.39. The van der Waals surface area contributed by atoms with Gasteiger partial charge in [-0.2, -0.15) is 0 Å². The first kappa shape index (κ1) is 16.6. The van der Waals surface area contributed by atoms with Crippen molar-refractivity contribution in [2.45, 2.75) is 45.4 Å². The van der Waals surface area contributed by atoms with E-state index in [9.17, 15) is 5.11 Å². The molecule has 0 aromatic heterocycles. The summed E-state index contributed by atoms with van der Waals surface area (Å²) in [5.74, 6) is 0. The zero-order valence-corrected chi connectivity index (χ0v) is 13.7. The second-order valence-corrected chi connectivity index (χ2v) is 6.68. The van der Waals surface area contributed by atoms with Gasteiger partial charge in [0.25, 0.3) is 0 Å². The number of halogens is 1. The van der Waals surface area contributed by atoms with Gasteiger partial charge in [0.2, 0.25) is 0 Å². The molecule has 2 N–H and O–H groups in total. The van der Waals surface area contributed by atoms with Gasteiger partial charge in [0.15, 0.2) is 0 Å². The third kappa shape index (κ3) is 7.06. The van der Waals surface area contributed by atoms with Crippen molar-refractivity contribution in [2.24, 2.45) is 0 Å². The molecule has 1 aromatic rings. The summed E-state index contributed by atoms with van der Waals surface area (Å²) in [6.07, 6.45) is -0.492. The van der Waals surface area contributed by atoms with Crippen molar-refractivity contribution in [3.63, 3.8) is 0 Å². The SMILES string of the molecule is C[C@@H](NCC(O)COC(C)(C)C)c1cccc(Br)c1. The monoisotopic (exact) mass is 329 g/mol. The molecule has 0 amide bonds. The van der Waals surface area contributed by atoms with E-state index in [1.54, 1.807) is 0 Å². The van der Waals surface area contributed by atoms with Crippen molar-refractivity contribution in [2.75, 3.05) is 13.2 Å². The van der Waals surface area contributed by atoms with Crippen molar-refractivity contribution < 1.29 is 9.84 Å². The molecule has 1 rings (SSSR count). The Bertz CT molecular complexity index is 390. The Kier molecular flexibility index (Phi) is 6.47. The summed E-state index contributed by atoms with van der Waals surface area (Å²) in [4.78, 5) is 0. The van der Waals surface area contributed by atoms with E-state index in [4.69, 9.17) is 4.74 Å². The van der Waals surface area contributed by atoms with Gasteiger partial charge in [0.1, 0.15) is 0 Å². The van der Waals surface area contributed by atoms with Crippen molar-refractivity contribution in [1.29, 1.82) is 0 Å². The van der Waals surface area contributed by atoms with E-state index in [1.165, 1.54) is 5.56 Å². The lowest BCUT2D eigenvalue weighted by molar-refractivity contribution is -0.0482. The van der Waals surface area contributed by atoms with Crippen LogP contribution >= 0.6 is 15.9 Å². The van der Waals surface area contributed by atoms with Crippen LogP contribution in [0, 0.1) is 0 Å². The van der Waals surface area contributed by atoms with E-state index in [2.05, 4.69) is 40.3 Å². The minimum atomic E-state index is -0.492. The Morgan fingerprint density at radius 1 is 1.37 bits per heavy atom. The summed E-state index contributed by atoms with van der Waals surface area (Å²) < 4.78 is 6.62. The van der Waals surface area contributed by atoms with E-state index in [1.807, 2.05) is 32.9 Å². The molecule has 0 aliphatic carbocycles. The van der Waals surface area contributed by atoms with Crippen LogP contribution in [0.5, 0.6) is 0 Å². The minimum Gasteiger partial charge on any atom is -0.389 e. The fourth-order valence-corrected chi connectivity index (χ4v) is 2.03. The molecule has 0 heterocycles. The van der Waals surface area contributed by atoms with Gasteiger partial charge in [-0.3, -0.25) is 0 Å². The van der Waals surface area contributed by atoms with Gasteiger partial charge >= 0.3 is 0 Å². The van der Waals surface area contributed by atoms with E-state index < -0.39 is 6.10 Å². The first-order valence-corrected chi connectivity index (χ1v) is 7.38. The molecule has 0 fully saturated rings. The highest BCUT2D eigenvalue weighted by Gasteiger charge is 2.14. The van der Waals surface area contributed by atoms with E-state index >= 15 is 0 Å². The highest BCUT2D eigenvalue weighted by atomic mass is 79.9. The Hall–Kier alpha value is -0.420. The third-order valence-corrected chi connectivity index (χ3v) is 3.21. The normalized spacial score (nSPS) is 15.3. The average molecular weight is 330 g/mol. The lowest BCUT2D eigenvalue weighted by Gasteiger charge is -2.23. The third-order valence-electron chi connectivity index (χ3n) is 2.72. The van der Waals surface area contributed by atoms with Gasteiger partial charge in [-0.25, -0.2) is 0 Å². The summed E-state index contributed by atoms with van der Waals surface area (Å²) in [7, 11) is 0. The van der Waals surface area contributed by atoms with Crippen LogP contribution in [0.4, 0.5) is 0 Å². The zero-order chi connectivity index (χ0) is 14.5. The molecule has 3 nitrogen and oxygen atoms in total. The largest absolute Gasteiger partial charge is 0.389 e. The molecule has 0 aliphatic heterocycles. The van der Waals surface area contributed by atoms with Crippen LogP contribution in [0.3, 0.4) is 0 Å². The predicted octanol–water partition coefficient (Wildman–Crippen LogP) is 3.28. The van der Waals surface area contributed by atoms with Crippen molar-refractivity contribution >= 4 is 15.9 Å². The smallest absolute Gasteiger partial charge is 0.0898 e. The van der Waals surface area contributed by atoms with Crippen LogP contribution in [0.2, 0.25) is 0 Å². The Morgan fingerprint density at radius 2 is 2.05 bits per heavy atom. The number of benzene rings is 1. The van der Waals surface area contributed by atoms with Crippen LogP contribution in [-0.4, -0.2) is 30.0 Å². The molecule has 4 heteroatoms. The highest BCUT2D eigenvalue weighted by molar-refractivity contribution is 9.10. The average Bonchev–Trinajstić information content (AvgIpc) is 2.32. The number of rotatable bonds is 6. The minimum absolute atomic E-state index is 0.196. The molecule has 0 radical (unpaired) electrons. The maximum Gasteiger partial charge on any atom is 0.0898 e. The Morgan fingerprint density at radius 3 is 2.63 bits per heavy atom. The predicted molar refractivity (Wildman–Crippen MR) is 82.3 cm³/mol. The Balaban J connectivity index is 2.36. The molecule has 0 saturated heterocycles. The van der Waals surface area contributed by atoms with Crippen LogP contribution in [0.15, 0.2) is 28.7 Å². The quantitative estimate of drug-likeness (QED) is 0.841. The number of nitrogens with one attached hydrogen (secondary N) is 1. The van der Waals surface area contributed by atoms with Gasteiger partial charge in [0.05, 0.1) is 18.3 Å². The van der Waals surface area contributed by atoms with Crippen LogP contribution in [0.25, 0.3) is 0 Å². The van der Waals surface area contributed by atoms with Gasteiger partial charge < -0.3 is 15.2 Å². The van der Waals surface area contributed by atoms with Gasteiger partial charge in [0, 0.05) is 17.1 Å². The molecule has 1 unspecified atom stereocenters. The lowest BCUT2D eigenvalue weighted by Crippen LogP contribution is -2.34. The van der Waals surface area contributed by atoms with E-state index in [0.29, 0.717) is 13.2 Å². The topological polar surface area (TPSA) is 41.5 Å². The number of hydrogen-bond acceptors (Lipinski definition) is 3. The maximum absolute atomic E-state index is 9.87. The van der Waals surface area contributed by atoms with Crippen molar-refractivity contribution in [3.05, 3.63) is 34.3 Å². The second-order valence-electron chi connectivity index (χ2n) is 5.76. The van der Waals surface area contributed by atoms with E-state index in [0.717, 1.165) is 4.47 Å². The highest BCUT2D eigenvalue weighted by Crippen LogP contribution is 2.17. The molecule has 19 heavy (non-hydrogen) atoms. The summed E-state index contributed by atoms with van der Waals surface area (Å²) in [5.41, 5.74) is 0.981. The number of aliphatic hydroxyl groups excluding tert-OH is 1. The summed E-state index contributed by atoms with van der Waals surface area (Å²) in [5, 5.41) is 13.2. The van der Waals surface area contributed by atoms with Crippen molar-refractivity contribution in [1.82, 2.24) is 5.32 Å². The molecule has 1 aromatic carbocycles. The van der Waals surface area contributed by atoms with Gasteiger partial charge in [-0.1, -0.05) is 28.1 Å². The number of ether oxygens (including phenoxy) is 1. The molecular formula is C15H24BrNO2. The van der Waals surface area contributed by atoms with Crippen LogP contribution in [-0.2, 0) is 4.74 Å². The number of aliphatic hydroxyl groups is 1. The Labute approximate surface area is 124 Å². The van der Waals surface area contributed by atoms with Crippen LogP contribution < -0.4 is 5.32 Å². The summed E-state index contributed by atoms with van der Waals surface area (Å²) in [6, 6.07) is 8.36. The van der Waals surface area contributed by atoms with E-state index in [-0.39, 0.29) is 11.6 Å². The molecule has 0 saturated carbocycles. The van der Waals surface area contributed by atoms with Gasteiger partial charge in [-0.15, -0.1) is 0 Å². The molecule has 0 aliphatic rings. The number of hydrogen-bond donors (Lipinski definition) is 2. The molecule has 108 valence electrons. The summed E-state index contributed by atoms with van der Waals surface area (Å²) >= 11 is 3.46. The zero-order valence-electron chi connectivity index (χ0n) is 12.1. The first-order chi connectivity index (χ1) is 8.78. The molecule has 0 bridgehead atoms. The first-order valence-electron chi connectivity index (χ1n) is 6.59. The van der Waals surface area contributed by atoms with Crippen molar-refractivity contribution in [3.8, 4) is 0 Å². The van der Waals surface area contributed by atoms with Crippen LogP contribution in [0.1, 0.15) is 39.3 Å². The molecular weight excluding hydrogens is 306 g/mol. The lowest BCUT2D eigenvalue weighted by atomic mass is 10.1. The maximum atomic E-state index is 9.87. The fourth-order valence-electron chi connectivity index (χ4n) is 1.61. The molecule has 2 atom stereocenters. The standard InChI is InChI=1S/C15H24BrNO2/c1-11(12-6-5-7-13(16)8-12)17-9-14(18)10-19-15(2,3)4/h5-8,11,14,17-18H,9-10H2,1-4H3/t11-,14?/m1/s1. The summed E-state index contributed by atoms with van der Waals surface area (Å²) in [6.45, 7) is 8.90.